The fraction of sp³-hybridized carbons (Fsp3) is 0.500. The maximum absolute atomic E-state index is 9.76. The summed E-state index contributed by atoms with van der Waals surface area (Å²) in [4.78, 5) is 0. The topological polar surface area (TPSA) is 41.5 Å². The van der Waals surface area contributed by atoms with Crippen LogP contribution in [0.3, 0.4) is 0 Å². The Labute approximate surface area is 140 Å². The molecule has 0 amide bonds. The fourth-order valence-corrected chi connectivity index (χ4v) is 2.72. The molecule has 126 valence electrons. The average Bonchev–Trinajstić information content (AvgIpc) is 2.58. The smallest absolute Gasteiger partial charge is 0.119 e. The zero-order chi connectivity index (χ0) is 16.5. The van der Waals surface area contributed by atoms with Gasteiger partial charge in [-0.2, -0.15) is 0 Å². The van der Waals surface area contributed by atoms with E-state index in [1.165, 1.54) is 0 Å². The molecule has 1 aliphatic rings. The van der Waals surface area contributed by atoms with Crippen LogP contribution in [0.2, 0.25) is 0 Å². The molecule has 3 nitrogen and oxygen atoms in total. The summed E-state index contributed by atoms with van der Waals surface area (Å²) in [5.41, 5.74) is 1.24. The van der Waals surface area contributed by atoms with Crippen molar-refractivity contribution in [3.8, 4) is 5.75 Å². The molecule has 1 aromatic rings. The maximum Gasteiger partial charge on any atom is 0.119 e. The molecule has 2 rings (SSSR count). The first-order valence-corrected chi connectivity index (χ1v) is 8.59. The van der Waals surface area contributed by atoms with Gasteiger partial charge in [0.25, 0.3) is 0 Å². The zero-order valence-electron chi connectivity index (χ0n) is 14.3. The van der Waals surface area contributed by atoms with E-state index >= 15 is 0 Å². The number of aliphatic hydroxyl groups excluding tert-OH is 1. The van der Waals surface area contributed by atoms with Crippen LogP contribution in [-0.2, 0) is 0 Å². The van der Waals surface area contributed by atoms with E-state index in [4.69, 9.17) is 4.74 Å². The van der Waals surface area contributed by atoms with Gasteiger partial charge in [0.2, 0.25) is 0 Å². The fourth-order valence-electron chi connectivity index (χ4n) is 2.72. The highest BCUT2D eigenvalue weighted by atomic mass is 16.5. The minimum absolute atomic E-state index is 0.290. The molecule has 2 unspecified atom stereocenters. The minimum atomic E-state index is -0.379. The van der Waals surface area contributed by atoms with Crippen LogP contribution in [0.1, 0.15) is 44.8 Å². The standard InChI is InChI=1S/C20H29NO2/c1-3-19(22)17-7-9-18(10-8-17)23-16-15-21-14-13-20(2)11-5-4-6-12-20/h4-11,19,21-22H,3,12-16H2,1-2H3. The Kier molecular flexibility index (Phi) is 6.87. The summed E-state index contributed by atoms with van der Waals surface area (Å²) in [5, 5.41) is 13.2. The lowest BCUT2D eigenvalue weighted by Gasteiger charge is -2.26. The van der Waals surface area contributed by atoms with Crippen molar-refractivity contribution >= 4 is 0 Å². The number of rotatable bonds is 9. The normalized spacial score (nSPS) is 21.3. The lowest BCUT2D eigenvalue weighted by Crippen LogP contribution is -2.27. The van der Waals surface area contributed by atoms with Gasteiger partial charge in [0.15, 0.2) is 0 Å². The van der Waals surface area contributed by atoms with E-state index in [1.807, 2.05) is 31.2 Å². The number of aliphatic hydroxyl groups is 1. The largest absolute Gasteiger partial charge is 0.492 e. The Hall–Kier alpha value is -1.58. The lowest BCUT2D eigenvalue weighted by molar-refractivity contribution is 0.173. The van der Waals surface area contributed by atoms with Gasteiger partial charge < -0.3 is 15.2 Å². The first-order chi connectivity index (χ1) is 11.1. The van der Waals surface area contributed by atoms with Gasteiger partial charge in [-0.05, 0) is 48.9 Å². The van der Waals surface area contributed by atoms with Gasteiger partial charge in [-0.25, -0.2) is 0 Å². The molecule has 3 heteroatoms. The van der Waals surface area contributed by atoms with Crippen molar-refractivity contribution < 1.29 is 9.84 Å². The van der Waals surface area contributed by atoms with Crippen LogP contribution in [0.4, 0.5) is 0 Å². The number of hydrogen-bond donors (Lipinski definition) is 2. The summed E-state index contributed by atoms with van der Waals surface area (Å²) < 4.78 is 5.72. The molecular formula is C20H29NO2. The average molecular weight is 315 g/mol. The second-order valence-corrected chi connectivity index (χ2v) is 6.49. The summed E-state index contributed by atoms with van der Waals surface area (Å²) in [7, 11) is 0. The molecular weight excluding hydrogens is 286 g/mol. The van der Waals surface area contributed by atoms with Crippen LogP contribution >= 0.6 is 0 Å². The molecule has 0 aliphatic heterocycles. The van der Waals surface area contributed by atoms with Gasteiger partial charge in [-0.1, -0.05) is 50.3 Å². The van der Waals surface area contributed by atoms with Gasteiger partial charge in [-0.15, -0.1) is 0 Å². The maximum atomic E-state index is 9.76. The molecule has 0 radical (unpaired) electrons. The number of benzene rings is 1. The van der Waals surface area contributed by atoms with Crippen LogP contribution < -0.4 is 10.1 Å². The predicted octanol–water partition coefficient (Wildman–Crippen LogP) is 4.01. The number of ether oxygens (including phenoxy) is 1. The SMILES string of the molecule is CCC(O)c1ccc(OCCNCCC2(C)C=CC=CC2)cc1. The van der Waals surface area contributed by atoms with Gasteiger partial charge in [0, 0.05) is 6.54 Å². The highest BCUT2D eigenvalue weighted by Gasteiger charge is 2.19. The summed E-state index contributed by atoms with van der Waals surface area (Å²) in [6, 6.07) is 7.71. The second kappa shape index (κ2) is 8.90. The van der Waals surface area contributed by atoms with E-state index in [2.05, 4.69) is 36.5 Å². The molecule has 0 aromatic heterocycles. The predicted molar refractivity (Wildman–Crippen MR) is 95.7 cm³/mol. The monoisotopic (exact) mass is 315 g/mol. The molecule has 0 spiro atoms. The molecule has 2 atom stereocenters. The molecule has 1 aromatic carbocycles. The van der Waals surface area contributed by atoms with Crippen molar-refractivity contribution in [3.05, 3.63) is 54.1 Å². The van der Waals surface area contributed by atoms with Crippen LogP contribution in [0.15, 0.2) is 48.6 Å². The van der Waals surface area contributed by atoms with Gasteiger partial charge in [-0.3, -0.25) is 0 Å². The summed E-state index contributed by atoms with van der Waals surface area (Å²) in [6.45, 7) is 6.77. The molecule has 0 fully saturated rings. The van der Waals surface area contributed by atoms with Crippen molar-refractivity contribution in [1.29, 1.82) is 0 Å². The highest BCUT2D eigenvalue weighted by molar-refractivity contribution is 5.28. The van der Waals surface area contributed by atoms with Gasteiger partial charge in [0.05, 0.1) is 6.10 Å². The van der Waals surface area contributed by atoms with E-state index < -0.39 is 0 Å². The Morgan fingerprint density at radius 3 is 2.65 bits per heavy atom. The van der Waals surface area contributed by atoms with Crippen LogP contribution in [0.25, 0.3) is 0 Å². The molecule has 0 heterocycles. The highest BCUT2D eigenvalue weighted by Crippen LogP contribution is 2.30. The Bertz CT molecular complexity index is 521. The van der Waals surface area contributed by atoms with Gasteiger partial charge >= 0.3 is 0 Å². The molecule has 1 aliphatic carbocycles. The Balaban J connectivity index is 1.60. The molecule has 2 N–H and O–H groups in total. The number of allylic oxidation sites excluding steroid dienone is 4. The van der Waals surface area contributed by atoms with Crippen LogP contribution in [0, 0.1) is 5.41 Å². The first kappa shape index (κ1) is 17.8. The molecule has 0 bridgehead atoms. The van der Waals surface area contributed by atoms with E-state index in [9.17, 15) is 5.11 Å². The van der Waals surface area contributed by atoms with E-state index in [0.29, 0.717) is 12.0 Å². The van der Waals surface area contributed by atoms with Crippen molar-refractivity contribution in [2.75, 3.05) is 19.7 Å². The third-order valence-corrected chi connectivity index (χ3v) is 4.40. The Morgan fingerprint density at radius 2 is 2.00 bits per heavy atom. The minimum Gasteiger partial charge on any atom is -0.492 e. The van der Waals surface area contributed by atoms with Crippen molar-refractivity contribution in [1.82, 2.24) is 5.32 Å². The summed E-state index contributed by atoms with van der Waals surface area (Å²) in [6.07, 6.45) is 11.4. The van der Waals surface area contributed by atoms with Crippen LogP contribution in [0.5, 0.6) is 5.75 Å². The first-order valence-electron chi connectivity index (χ1n) is 8.59. The quantitative estimate of drug-likeness (QED) is 0.677. The van der Waals surface area contributed by atoms with Gasteiger partial charge in [0.1, 0.15) is 12.4 Å². The third kappa shape index (κ3) is 5.85. The van der Waals surface area contributed by atoms with Crippen molar-refractivity contribution in [2.24, 2.45) is 5.41 Å². The van der Waals surface area contributed by atoms with Crippen LogP contribution in [-0.4, -0.2) is 24.8 Å². The van der Waals surface area contributed by atoms with E-state index in [-0.39, 0.29) is 6.10 Å². The molecule has 23 heavy (non-hydrogen) atoms. The Morgan fingerprint density at radius 1 is 1.22 bits per heavy atom. The van der Waals surface area contributed by atoms with E-state index in [1.54, 1.807) is 0 Å². The molecule has 0 saturated carbocycles. The second-order valence-electron chi connectivity index (χ2n) is 6.49. The van der Waals surface area contributed by atoms with E-state index in [0.717, 1.165) is 43.7 Å². The number of hydrogen-bond acceptors (Lipinski definition) is 3. The third-order valence-electron chi connectivity index (χ3n) is 4.40. The summed E-state index contributed by atoms with van der Waals surface area (Å²) >= 11 is 0. The number of nitrogens with one attached hydrogen (secondary N) is 1. The van der Waals surface area contributed by atoms with Crippen molar-refractivity contribution in [2.45, 2.75) is 39.2 Å². The molecule has 0 saturated heterocycles. The zero-order valence-corrected chi connectivity index (χ0v) is 14.3. The van der Waals surface area contributed by atoms with Crippen molar-refractivity contribution in [3.63, 3.8) is 0 Å². The lowest BCUT2D eigenvalue weighted by atomic mass is 9.81. The summed E-state index contributed by atoms with van der Waals surface area (Å²) in [5.74, 6) is 0.853.